The Morgan fingerprint density at radius 3 is 2.29 bits per heavy atom. The van der Waals surface area contributed by atoms with Gasteiger partial charge in [-0.2, -0.15) is 0 Å². The van der Waals surface area contributed by atoms with E-state index < -0.39 is 0 Å². The van der Waals surface area contributed by atoms with Crippen LogP contribution in [0.1, 0.15) is 29.5 Å². The van der Waals surface area contributed by atoms with Crippen molar-refractivity contribution in [3.05, 3.63) is 59.2 Å². The SMILES string of the molecule is COc1cc2c(cc1OC)CN(C(=O)C(C)c1ccccc1)CC2. The van der Waals surface area contributed by atoms with E-state index in [0.29, 0.717) is 12.3 Å². The highest BCUT2D eigenvalue weighted by atomic mass is 16.5. The van der Waals surface area contributed by atoms with Crippen molar-refractivity contribution in [3.63, 3.8) is 0 Å². The fourth-order valence-electron chi connectivity index (χ4n) is 3.23. The lowest BCUT2D eigenvalue weighted by atomic mass is 9.95. The quantitative estimate of drug-likeness (QED) is 0.865. The van der Waals surface area contributed by atoms with E-state index in [9.17, 15) is 4.79 Å². The van der Waals surface area contributed by atoms with Gasteiger partial charge in [-0.15, -0.1) is 0 Å². The fraction of sp³-hybridized carbons (Fsp3) is 0.350. The van der Waals surface area contributed by atoms with Gasteiger partial charge in [0.1, 0.15) is 0 Å². The minimum absolute atomic E-state index is 0.132. The van der Waals surface area contributed by atoms with E-state index in [2.05, 4.69) is 0 Å². The van der Waals surface area contributed by atoms with E-state index >= 15 is 0 Å². The molecule has 0 aliphatic carbocycles. The molecule has 4 nitrogen and oxygen atoms in total. The molecule has 0 fully saturated rings. The molecule has 24 heavy (non-hydrogen) atoms. The van der Waals surface area contributed by atoms with Gasteiger partial charge in [-0.05, 0) is 42.2 Å². The van der Waals surface area contributed by atoms with Crippen molar-refractivity contribution in [2.24, 2.45) is 0 Å². The van der Waals surface area contributed by atoms with Crippen LogP contribution in [0.2, 0.25) is 0 Å². The van der Waals surface area contributed by atoms with Gasteiger partial charge in [-0.25, -0.2) is 0 Å². The maximum Gasteiger partial charge on any atom is 0.230 e. The van der Waals surface area contributed by atoms with Crippen molar-refractivity contribution in [3.8, 4) is 11.5 Å². The summed E-state index contributed by atoms with van der Waals surface area (Å²) in [6.07, 6.45) is 0.836. The molecule has 126 valence electrons. The molecule has 1 unspecified atom stereocenters. The van der Waals surface area contributed by atoms with Crippen LogP contribution < -0.4 is 9.47 Å². The second-order valence-corrected chi connectivity index (χ2v) is 6.12. The summed E-state index contributed by atoms with van der Waals surface area (Å²) in [7, 11) is 3.28. The zero-order valence-electron chi connectivity index (χ0n) is 14.4. The van der Waals surface area contributed by atoms with Crippen LogP contribution >= 0.6 is 0 Å². The number of carbonyl (C=O) groups is 1. The van der Waals surface area contributed by atoms with Crippen LogP contribution in [0.15, 0.2) is 42.5 Å². The largest absolute Gasteiger partial charge is 0.493 e. The van der Waals surface area contributed by atoms with Crippen LogP contribution in [0.3, 0.4) is 0 Å². The van der Waals surface area contributed by atoms with Gasteiger partial charge in [0.05, 0.1) is 20.1 Å². The second kappa shape index (κ2) is 6.95. The van der Waals surface area contributed by atoms with Crippen LogP contribution in [0.4, 0.5) is 0 Å². The fourth-order valence-corrected chi connectivity index (χ4v) is 3.23. The number of amides is 1. The Morgan fingerprint density at radius 1 is 1.04 bits per heavy atom. The van der Waals surface area contributed by atoms with Gasteiger partial charge in [-0.1, -0.05) is 30.3 Å². The molecular formula is C20H23NO3. The molecule has 1 heterocycles. The topological polar surface area (TPSA) is 38.8 Å². The Hall–Kier alpha value is -2.49. The summed E-state index contributed by atoms with van der Waals surface area (Å²) in [5.74, 6) is 1.49. The van der Waals surface area contributed by atoms with Gasteiger partial charge < -0.3 is 14.4 Å². The molecule has 0 bridgehead atoms. The lowest BCUT2D eigenvalue weighted by Gasteiger charge is -2.31. The molecular weight excluding hydrogens is 302 g/mol. The lowest BCUT2D eigenvalue weighted by Crippen LogP contribution is -2.38. The standard InChI is InChI=1S/C20H23NO3/c1-14(15-7-5-4-6-8-15)20(22)21-10-9-16-11-18(23-2)19(24-3)12-17(16)13-21/h4-8,11-12,14H,9-10,13H2,1-3H3. The van der Waals surface area contributed by atoms with Crippen LogP contribution in [-0.2, 0) is 17.8 Å². The highest BCUT2D eigenvalue weighted by molar-refractivity contribution is 5.83. The summed E-state index contributed by atoms with van der Waals surface area (Å²) in [6.45, 7) is 3.33. The molecule has 1 aliphatic heterocycles. The minimum atomic E-state index is -0.132. The number of benzene rings is 2. The van der Waals surface area contributed by atoms with Crippen molar-refractivity contribution in [2.75, 3.05) is 20.8 Å². The lowest BCUT2D eigenvalue weighted by molar-refractivity contribution is -0.133. The predicted molar refractivity (Wildman–Crippen MR) is 93.5 cm³/mol. The number of carbonyl (C=O) groups excluding carboxylic acids is 1. The van der Waals surface area contributed by atoms with Gasteiger partial charge in [0.15, 0.2) is 11.5 Å². The smallest absolute Gasteiger partial charge is 0.230 e. The Morgan fingerprint density at radius 2 is 1.67 bits per heavy atom. The third kappa shape index (κ3) is 3.09. The number of ether oxygens (including phenoxy) is 2. The van der Waals surface area contributed by atoms with Crippen molar-refractivity contribution in [1.82, 2.24) is 4.90 Å². The molecule has 0 saturated carbocycles. The summed E-state index contributed by atoms with van der Waals surface area (Å²) in [5, 5.41) is 0. The van der Waals surface area contributed by atoms with Crippen LogP contribution in [0.25, 0.3) is 0 Å². The highest BCUT2D eigenvalue weighted by Gasteiger charge is 2.26. The van der Waals surface area contributed by atoms with Gasteiger partial charge in [0.2, 0.25) is 5.91 Å². The molecule has 1 aliphatic rings. The molecule has 4 heteroatoms. The number of methoxy groups -OCH3 is 2. The first-order valence-electron chi connectivity index (χ1n) is 8.21. The van der Waals surface area contributed by atoms with Gasteiger partial charge in [-0.3, -0.25) is 4.79 Å². The van der Waals surface area contributed by atoms with Crippen molar-refractivity contribution in [2.45, 2.75) is 25.8 Å². The first kappa shape index (κ1) is 16.4. The van der Waals surface area contributed by atoms with Gasteiger partial charge in [0, 0.05) is 13.1 Å². The maximum absolute atomic E-state index is 12.9. The summed E-state index contributed by atoms with van der Waals surface area (Å²) < 4.78 is 10.8. The summed E-state index contributed by atoms with van der Waals surface area (Å²) in [5.41, 5.74) is 3.41. The summed E-state index contributed by atoms with van der Waals surface area (Å²) in [4.78, 5) is 14.8. The van der Waals surface area contributed by atoms with E-state index in [-0.39, 0.29) is 11.8 Å². The predicted octanol–water partition coefficient (Wildman–Crippen LogP) is 3.39. The molecule has 1 atom stereocenters. The van der Waals surface area contributed by atoms with Crippen molar-refractivity contribution in [1.29, 1.82) is 0 Å². The van der Waals surface area contributed by atoms with Crippen LogP contribution in [-0.4, -0.2) is 31.6 Å². The summed E-state index contributed by atoms with van der Waals surface area (Å²) in [6, 6.07) is 13.9. The Bertz CT molecular complexity index is 727. The average Bonchev–Trinajstić information content (AvgIpc) is 2.65. The Kier molecular flexibility index (Phi) is 4.74. The van der Waals surface area contributed by atoms with Crippen molar-refractivity contribution >= 4 is 5.91 Å². The van der Waals surface area contributed by atoms with Gasteiger partial charge in [0.25, 0.3) is 0 Å². The second-order valence-electron chi connectivity index (χ2n) is 6.12. The summed E-state index contributed by atoms with van der Waals surface area (Å²) >= 11 is 0. The third-order valence-electron chi connectivity index (χ3n) is 4.70. The molecule has 2 aromatic rings. The first-order chi connectivity index (χ1) is 11.6. The number of rotatable bonds is 4. The molecule has 0 spiro atoms. The molecule has 0 aromatic heterocycles. The van der Waals surface area contributed by atoms with E-state index in [1.807, 2.05) is 54.3 Å². The highest BCUT2D eigenvalue weighted by Crippen LogP contribution is 2.34. The number of hydrogen-bond donors (Lipinski definition) is 0. The first-order valence-corrected chi connectivity index (χ1v) is 8.21. The average molecular weight is 325 g/mol. The monoisotopic (exact) mass is 325 g/mol. The Labute approximate surface area is 143 Å². The van der Waals surface area contributed by atoms with Crippen molar-refractivity contribution < 1.29 is 14.3 Å². The minimum Gasteiger partial charge on any atom is -0.493 e. The van der Waals surface area contributed by atoms with Gasteiger partial charge >= 0.3 is 0 Å². The molecule has 1 amide bonds. The molecule has 3 rings (SSSR count). The number of nitrogens with zero attached hydrogens (tertiary/aromatic N) is 1. The Balaban J connectivity index is 1.80. The van der Waals surface area contributed by atoms with Crippen LogP contribution in [0.5, 0.6) is 11.5 Å². The third-order valence-corrected chi connectivity index (χ3v) is 4.70. The molecule has 0 N–H and O–H groups in total. The van der Waals surface area contributed by atoms with E-state index in [1.165, 1.54) is 5.56 Å². The molecule has 2 aromatic carbocycles. The number of hydrogen-bond acceptors (Lipinski definition) is 3. The van der Waals surface area contributed by atoms with E-state index in [4.69, 9.17) is 9.47 Å². The zero-order chi connectivity index (χ0) is 17.1. The van der Waals surface area contributed by atoms with E-state index in [1.54, 1.807) is 14.2 Å². The zero-order valence-corrected chi connectivity index (χ0v) is 14.4. The van der Waals surface area contributed by atoms with E-state index in [0.717, 1.165) is 29.8 Å². The maximum atomic E-state index is 12.9. The molecule has 0 radical (unpaired) electrons. The normalized spacial score (nSPS) is 14.7. The number of fused-ring (bicyclic) bond motifs is 1. The molecule has 0 saturated heterocycles. The van der Waals surface area contributed by atoms with Crippen LogP contribution in [0, 0.1) is 0 Å².